The summed E-state index contributed by atoms with van der Waals surface area (Å²) in [6.07, 6.45) is -4.50. The molecule has 0 saturated heterocycles. The fourth-order valence-electron chi connectivity index (χ4n) is 2.17. The summed E-state index contributed by atoms with van der Waals surface area (Å²) in [5.41, 5.74) is -0.225. The molecular formula is C17H15F4NO. The van der Waals surface area contributed by atoms with Gasteiger partial charge >= 0.3 is 6.18 Å². The Balaban J connectivity index is 2.24. The summed E-state index contributed by atoms with van der Waals surface area (Å²) in [6.45, 7) is 1.72. The van der Waals surface area contributed by atoms with Gasteiger partial charge in [0, 0.05) is 12.6 Å². The Bertz CT molecular complexity index is 694. The molecule has 1 amide bonds. The van der Waals surface area contributed by atoms with Crippen LogP contribution in [0.3, 0.4) is 0 Å². The quantitative estimate of drug-likeness (QED) is 0.751. The smallest absolute Gasteiger partial charge is 0.335 e. The highest BCUT2D eigenvalue weighted by atomic mass is 19.4. The first kappa shape index (κ1) is 17.0. The van der Waals surface area contributed by atoms with Crippen LogP contribution in [0.15, 0.2) is 48.5 Å². The maximum Gasteiger partial charge on any atom is 0.416 e. The number of halogens is 4. The first-order valence-corrected chi connectivity index (χ1v) is 6.90. The predicted molar refractivity (Wildman–Crippen MR) is 78.4 cm³/mol. The van der Waals surface area contributed by atoms with Crippen LogP contribution in [0.1, 0.15) is 34.5 Å². The molecule has 0 bridgehead atoms. The van der Waals surface area contributed by atoms with E-state index in [1.165, 1.54) is 48.3 Å². The Morgan fingerprint density at radius 1 is 1.09 bits per heavy atom. The maximum absolute atomic E-state index is 12.9. The molecule has 2 aromatic carbocycles. The van der Waals surface area contributed by atoms with Crippen molar-refractivity contribution >= 4 is 5.91 Å². The minimum absolute atomic E-state index is 0.0451. The third kappa shape index (κ3) is 3.88. The van der Waals surface area contributed by atoms with E-state index >= 15 is 0 Å². The lowest BCUT2D eigenvalue weighted by Crippen LogP contribution is -2.29. The lowest BCUT2D eigenvalue weighted by molar-refractivity contribution is -0.137. The molecule has 0 aliphatic carbocycles. The van der Waals surface area contributed by atoms with Crippen molar-refractivity contribution in [2.75, 3.05) is 7.05 Å². The van der Waals surface area contributed by atoms with E-state index in [1.54, 1.807) is 6.92 Å². The van der Waals surface area contributed by atoms with Gasteiger partial charge in [0.25, 0.3) is 5.91 Å². The van der Waals surface area contributed by atoms with Crippen molar-refractivity contribution in [1.82, 2.24) is 4.90 Å². The number of benzene rings is 2. The summed E-state index contributed by atoms with van der Waals surface area (Å²) in [5.74, 6) is -0.930. The van der Waals surface area contributed by atoms with Crippen LogP contribution < -0.4 is 0 Å². The van der Waals surface area contributed by atoms with E-state index in [0.29, 0.717) is 5.56 Å². The molecular weight excluding hydrogens is 310 g/mol. The summed E-state index contributed by atoms with van der Waals surface area (Å²) in [6, 6.07) is 9.50. The molecule has 6 heteroatoms. The lowest BCUT2D eigenvalue weighted by Gasteiger charge is -2.25. The number of nitrogens with zero attached hydrogens (tertiary/aromatic N) is 1. The Hall–Kier alpha value is -2.37. The third-order valence-corrected chi connectivity index (χ3v) is 3.69. The van der Waals surface area contributed by atoms with Crippen molar-refractivity contribution in [3.63, 3.8) is 0 Å². The van der Waals surface area contributed by atoms with Crippen molar-refractivity contribution in [2.24, 2.45) is 0 Å². The Morgan fingerprint density at radius 3 is 2.26 bits per heavy atom. The normalized spacial score (nSPS) is 12.8. The van der Waals surface area contributed by atoms with Crippen LogP contribution in [0.4, 0.5) is 17.6 Å². The molecule has 0 heterocycles. The van der Waals surface area contributed by atoms with Crippen molar-refractivity contribution in [3.05, 3.63) is 71.0 Å². The minimum Gasteiger partial charge on any atom is -0.335 e. The molecule has 2 aromatic rings. The molecule has 0 N–H and O–H groups in total. The lowest BCUT2D eigenvalue weighted by atomic mass is 10.0. The van der Waals surface area contributed by atoms with E-state index in [9.17, 15) is 22.4 Å². The van der Waals surface area contributed by atoms with Crippen LogP contribution in [0.25, 0.3) is 0 Å². The van der Waals surface area contributed by atoms with Crippen LogP contribution in [0.2, 0.25) is 0 Å². The zero-order chi connectivity index (χ0) is 17.2. The van der Waals surface area contributed by atoms with Gasteiger partial charge in [-0.25, -0.2) is 4.39 Å². The van der Waals surface area contributed by atoms with Gasteiger partial charge in [0.2, 0.25) is 0 Å². The van der Waals surface area contributed by atoms with E-state index in [2.05, 4.69) is 0 Å². The van der Waals surface area contributed by atoms with Crippen molar-refractivity contribution < 1.29 is 22.4 Å². The van der Waals surface area contributed by atoms with Crippen molar-refractivity contribution in [3.8, 4) is 0 Å². The van der Waals surface area contributed by atoms with Gasteiger partial charge in [0.05, 0.1) is 11.6 Å². The van der Waals surface area contributed by atoms with E-state index < -0.39 is 29.5 Å². The molecule has 0 aliphatic heterocycles. The first-order chi connectivity index (χ1) is 10.7. The molecule has 122 valence electrons. The summed E-state index contributed by atoms with van der Waals surface area (Å²) >= 11 is 0. The fraction of sp³-hybridized carbons (Fsp3) is 0.235. The molecule has 2 nitrogen and oxygen atoms in total. The SMILES string of the molecule is CC(c1ccc(F)cc1)N(C)C(=O)c1cccc(C(F)(F)F)c1. The van der Waals surface area contributed by atoms with Gasteiger partial charge in [0.1, 0.15) is 5.82 Å². The standard InChI is InChI=1S/C17H15F4NO/c1-11(12-6-8-15(18)9-7-12)22(2)16(23)13-4-3-5-14(10-13)17(19,20)21/h3-11H,1-2H3. The van der Waals surface area contributed by atoms with E-state index in [4.69, 9.17) is 0 Å². The molecule has 1 atom stereocenters. The Morgan fingerprint density at radius 2 is 1.70 bits per heavy atom. The molecule has 0 aliphatic rings. The van der Waals surface area contributed by atoms with E-state index in [-0.39, 0.29) is 5.56 Å². The summed E-state index contributed by atoms with van der Waals surface area (Å²) in [5, 5.41) is 0. The number of hydrogen-bond acceptors (Lipinski definition) is 1. The average Bonchev–Trinajstić information content (AvgIpc) is 2.53. The minimum atomic E-state index is -4.50. The van der Waals surface area contributed by atoms with Gasteiger partial charge < -0.3 is 4.90 Å². The summed E-state index contributed by atoms with van der Waals surface area (Å²) in [7, 11) is 1.50. The second-order valence-electron chi connectivity index (χ2n) is 5.22. The van der Waals surface area contributed by atoms with Gasteiger partial charge in [-0.2, -0.15) is 13.2 Å². The van der Waals surface area contributed by atoms with Crippen LogP contribution in [0.5, 0.6) is 0 Å². The van der Waals surface area contributed by atoms with Crippen LogP contribution in [-0.4, -0.2) is 17.9 Å². The Kier molecular flexibility index (Phi) is 4.73. The highest BCUT2D eigenvalue weighted by molar-refractivity contribution is 5.94. The van der Waals surface area contributed by atoms with Gasteiger partial charge in [-0.1, -0.05) is 18.2 Å². The first-order valence-electron chi connectivity index (χ1n) is 6.90. The van der Waals surface area contributed by atoms with E-state index in [0.717, 1.165) is 12.1 Å². The largest absolute Gasteiger partial charge is 0.416 e. The van der Waals surface area contributed by atoms with Crippen LogP contribution in [0, 0.1) is 5.82 Å². The van der Waals surface area contributed by atoms with Gasteiger partial charge in [-0.3, -0.25) is 4.79 Å². The second-order valence-corrected chi connectivity index (χ2v) is 5.22. The van der Waals surface area contributed by atoms with Crippen LogP contribution >= 0.6 is 0 Å². The van der Waals surface area contributed by atoms with Gasteiger partial charge in [-0.15, -0.1) is 0 Å². The molecule has 2 rings (SSSR count). The topological polar surface area (TPSA) is 20.3 Å². The average molecular weight is 325 g/mol. The molecule has 0 spiro atoms. The molecule has 1 unspecified atom stereocenters. The zero-order valence-corrected chi connectivity index (χ0v) is 12.6. The van der Waals surface area contributed by atoms with Crippen LogP contribution in [-0.2, 0) is 6.18 Å². The Labute approximate surface area is 131 Å². The van der Waals surface area contributed by atoms with E-state index in [1.807, 2.05) is 0 Å². The summed E-state index contributed by atoms with van der Waals surface area (Å²) in [4.78, 5) is 13.7. The number of rotatable bonds is 3. The number of carbonyl (C=O) groups excluding carboxylic acids is 1. The highest BCUT2D eigenvalue weighted by Gasteiger charge is 2.31. The molecule has 0 fully saturated rings. The van der Waals surface area contributed by atoms with Gasteiger partial charge in [-0.05, 0) is 42.8 Å². The molecule has 0 aromatic heterocycles. The van der Waals surface area contributed by atoms with Crippen molar-refractivity contribution in [1.29, 1.82) is 0 Å². The molecule has 0 radical (unpaired) electrons. The maximum atomic E-state index is 12.9. The van der Waals surface area contributed by atoms with Gasteiger partial charge in [0.15, 0.2) is 0 Å². The molecule has 0 saturated carbocycles. The summed E-state index contributed by atoms with van der Waals surface area (Å²) < 4.78 is 51.1. The fourth-order valence-corrected chi connectivity index (χ4v) is 2.17. The second kappa shape index (κ2) is 6.40. The zero-order valence-electron chi connectivity index (χ0n) is 12.6. The highest BCUT2D eigenvalue weighted by Crippen LogP contribution is 2.30. The third-order valence-electron chi connectivity index (χ3n) is 3.69. The number of carbonyl (C=O) groups is 1. The number of amides is 1. The van der Waals surface area contributed by atoms with Crippen molar-refractivity contribution in [2.45, 2.75) is 19.1 Å². The molecule has 23 heavy (non-hydrogen) atoms. The number of hydrogen-bond donors (Lipinski definition) is 0. The predicted octanol–water partition coefficient (Wildman–Crippen LogP) is 4.68. The monoisotopic (exact) mass is 325 g/mol. The number of alkyl halides is 3.